The predicted octanol–water partition coefficient (Wildman–Crippen LogP) is 4.53. The Labute approximate surface area is 208 Å². The van der Waals surface area contributed by atoms with E-state index in [1.54, 1.807) is 0 Å². The Morgan fingerprint density at radius 3 is 2.56 bits per heavy atom. The minimum absolute atomic E-state index is 0.00585. The number of aliphatic hydroxyl groups is 2. The molecule has 188 valence electrons. The van der Waals surface area contributed by atoms with Gasteiger partial charge in [-0.15, -0.1) is 16.4 Å². The van der Waals surface area contributed by atoms with Crippen molar-refractivity contribution in [3.63, 3.8) is 0 Å². The minimum atomic E-state index is -1.57. The molecule has 1 fully saturated rings. The van der Waals surface area contributed by atoms with Crippen molar-refractivity contribution in [2.45, 2.75) is 44.6 Å². The van der Waals surface area contributed by atoms with E-state index in [1.165, 1.54) is 22.2 Å². The summed E-state index contributed by atoms with van der Waals surface area (Å²) in [4.78, 5) is 5.64. The summed E-state index contributed by atoms with van der Waals surface area (Å²) in [6, 6.07) is 9.00. The lowest BCUT2D eigenvalue weighted by Crippen LogP contribution is -2.45. The first-order valence-corrected chi connectivity index (χ1v) is 12.1. The maximum atomic E-state index is 13.7. The van der Waals surface area contributed by atoms with Gasteiger partial charge < -0.3 is 14.9 Å². The van der Waals surface area contributed by atoms with Gasteiger partial charge in [-0.05, 0) is 31.5 Å². The monoisotopic (exact) mass is 516 g/mol. The number of halogens is 3. The summed E-state index contributed by atoms with van der Waals surface area (Å²) in [6.45, 7) is 3.47. The summed E-state index contributed by atoms with van der Waals surface area (Å²) in [5, 5.41) is 29.7. The molecule has 0 spiro atoms. The Hall–Kier alpha value is -3.12. The number of nitrogens with zero attached hydrogens (tertiary/aromatic N) is 4. The van der Waals surface area contributed by atoms with E-state index in [0.717, 1.165) is 33.1 Å². The molecule has 4 unspecified atom stereocenters. The van der Waals surface area contributed by atoms with E-state index in [9.17, 15) is 23.4 Å². The van der Waals surface area contributed by atoms with E-state index >= 15 is 0 Å². The highest BCUT2D eigenvalue weighted by molar-refractivity contribution is 7.15. The molecule has 11 heteroatoms. The summed E-state index contributed by atoms with van der Waals surface area (Å²) in [7, 11) is 0. The summed E-state index contributed by atoms with van der Waals surface area (Å²) in [5.74, 6) is -4.25. The first-order valence-electron chi connectivity index (χ1n) is 11.3. The molecule has 0 radical (unpaired) electrons. The number of rotatable bonds is 5. The Morgan fingerprint density at radius 2 is 1.86 bits per heavy atom. The van der Waals surface area contributed by atoms with Crippen LogP contribution < -0.4 is 0 Å². The van der Waals surface area contributed by atoms with Crippen LogP contribution in [0.5, 0.6) is 0 Å². The van der Waals surface area contributed by atoms with Gasteiger partial charge in [0.15, 0.2) is 17.5 Å². The van der Waals surface area contributed by atoms with Gasteiger partial charge in [0, 0.05) is 12.0 Å². The molecule has 2 aromatic heterocycles. The highest BCUT2D eigenvalue weighted by Gasteiger charge is 2.41. The number of hydrogen-bond donors (Lipinski definition) is 2. The Kier molecular flexibility index (Phi) is 6.64. The molecule has 2 aromatic carbocycles. The van der Waals surface area contributed by atoms with Gasteiger partial charge >= 0.3 is 0 Å². The SMILES string of the molecule is Cc1cccc(-c2sc(C)nc2C2CC(n3cc(-c4cc(F)c(F)c(F)c4)nn3)C(O)C(CO)O2)c1. The van der Waals surface area contributed by atoms with Gasteiger partial charge in [-0.3, -0.25) is 0 Å². The zero-order valence-electron chi connectivity index (χ0n) is 19.4. The molecule has 0 aliphatic carbocycles. The fourth-order valence-corrected chi connectivity index (χ4v) is 5.44. The Bertz CT molecular complexity index is 1390. The number of aromatic nitrogens is 4. The second kappa shape index (κ2) is 9.74. The second-order valence-electron chi connectivity index (χ2n) is 8.79. The fraction of sp³-hybridized carbons (Fsp3) is 0.320. The van der Waals surface area contributed by atoms with Crippen LogP contribution in [0.15, 0.2) is 42.6 Å². The van der Waals surface area contributed by atoms with E-state index in [1.807, 2.05) is 32.0 Å². The minimum Gasteiger partial charge on any atom is -0.394 e. The van der Waals surface area contributed by atoms with Gasteiger partial charge in [0.25, 0.3) is 0 Å². The predicted molar refractivity (Wildman–Crippen MR) is 127 cm³/mol. The second-order valence-corrected chi connectivity index (χ2v) is 10.00. The first kappa shape index (κ1) is 24.6. The lowest BCUT2D eigenvalue weighted by atomic mass is 9.93. The maximum Gasteiger partial charge on any atom is 0.194 e. The van der Waals surface area contributed by atoms with Crippen LogP contribution in [-0.4, -0.2) is 49.0 Å². The van der Waals surface area contributed by atoms with E-state index in [-0.39, 0.29) is 17.7 Å². The molecule has 0 bridgehead atoms. The fourth-order valence-electron chi connectivity index (χ4n) is 4.47. The number of hydrogen-bond acceptors (Lipinski definition) is 7. The van der Waals surface area contributed by atoms with E-state index < -0.39 is 48.4 Å². The average molecular weight is 517 g/mol. The molecule has 2 N–H and O–H groups in total. The third-order valence-electron chi connectivity index (χ3n) is 6.22. The van der Waals surface area contributed by atoms with Crippen LogP contribution in [0, 0.1) is 31.3 Å². The van der Waals surface area contributed by atoms with Crippen LogP contribution in [0.1, 0.15) is 34.8 Å². The molecule has 0 saturated carbocycles. The van der Waals surface area contributed by atoms with Crippen molar-refractivity contribution in [1.29, 1.82) is 0 Å². The number of aryl methyl sites for hydroxylation is 2. The largest absolute Gasteiger partial charge is 0.394 e. The number of ether oxygens (including phenoxy) is 1. The van der Waals surface area contributed by atoms with Crippen LogP contribution in [0.2, 0.25) is 0 Å². The molecule has 5 rings (SSSR count). The third kappa shape index (κ3) is 4.55. The summed E-state index contributed by atoms with van der Waals surface area (Å²) < 4.78 is 48.3. The molecular weight excluding hydrogens is 493 g/mol. The summed E-state index contributed by atoms with van der Waals surface area (Å²) in [5.41, 5.74) is 2.89. The maximum absolute atomic E-state index is 13.7. The third-order valence-corrected chi connectivity index (χ3v) is 7.26. The van der Waals surface area contributed by atoms with Crippen molar-refractivity contribution in [2.75, 3.05) is 6.61 Å². The van der Waals surface area contributed by atoms with Gasteiger partial charge in [-0.25, -0.2) is 22.8 Å². The first-order chi connectivity index (χ1) is 17.2. The summed E-state index contributed by atoms with van der Waals surface area (Å²) in [6.07, 6.45) is -0.942. The molecule has 1 aliphatic rings. The highest BCUT2D eigenvalue weighted by atomic mass is 32.1. The van der Waals surface area contributed by atoms with Crippen molar-refractivity contribution in [3.05, 3.63) is 76.3 Å². The molecular formula is C25H23F3N4O3S. The van der Waals surface area contributed by atoms with Crippen molar-refractivity contribution in [3.8, 4) is 21.7 Å². The van der Waals surface area contributed by atoms with Gasteiger partial charge in [-0.2, -0.15) is 0 Å². The van der Waals surface area contributed by atoms with Crippen molar-refractivity contribution >= 4 is 11.3 Å². The zero-order valence-corrected chi connectivity index (χ0v) is 20.2. The van der Waals surface area contributed by atoms with E-state index in [4.69, 9.17) is 9.72 Å². The molecule has 36 heavy (non-hydrogen) atoms. The topological polar surface area (TPSA) is 93.3 Å². The van der Waals surface area contributed by atoms with Crippen LogP contribution in [0.4, 0.5) is 13.2 Å². The van der Waals surface area contributed by atoms with E-state index in [2.05, 4.69) is 16.4 Å². The van der Waals surface area contributed by atoms with Gasteiger partial charge in [0.2, 0.25) is 0 Å². The van der Waals surface area contributed by atoms with Crippen molar-refractivity contribution in [1.82, 2.24) is 20.0 Å². The molecule has 7 nitrogen and oxygen atoms in total. The standard InChI is InChI=1S/C25H23F3N4O3S/c1-12-4-3-5-14(6-12)25-23(29-13(2)36-25)20-9-19(24(34)21(11-33)35-20)32-10-18(30-31-32)15-7-16(26)22(28)17(27)8-15/h3-8,10,19-21,24,33-34H,9,11H2,1-2H3. The van der Waals surface area contributed by atoms with Gasteiger partial charge in [-0.1, -0.05) is 35.0 Å². The van der Waals surface area contributed by atoms with Crippen LogP contribution in [0.25, 0.3) is 21.7 Å². The van der Waals surface area contributed by atoms with Crippen LogP contribution in [0.3, 0.4) is 0 Å². The molecule has 1 aliphatic heterocycles. The summed E-state index contributed by atoms with van der Waals surface area (Å²) >= 11 is 1.53. The average Bonchev–Trinajstić information content (AvgIpc) is 3.50. The lowest BCUT2D eigenvalue weighted by Gasteiger charge is -2.38. The van der Waals surface area contributed by atoms with Crippen molar-refractivity contribution < 1.29 is 28.1 Å². The highest BCUT2D eigenvalue weighted by Crippen LogP contribution is 2.43. The van der Waals surface area contributed by atoms with Gasteiger partial charge in [0.1, 0.15) is 24.0 Å². The van der Waals surface area contributed by atoms with Crippen molar-refractivity contribution in [2.24, 2.45) is 0 Å². The molecule has 4 atom stereocenters. The smallest absolute Gasteiger partial charge is 0.194 e. The lowest BCUT2D eigenvalue weighted by molar-refractivity contribution is -0.159. The van der Waals surface area contributed by atoms with Gasteiger partial charge in [0.05, 0.1) is 34.4 Å². The zero-order chi connectivity index (χ0) is 25.6. The number of benzene rings is 2. The molecule has 0 amide bonds. The molecule has 3 heterocycles. The van der Waals surface area contributed by atoms with Crippen LogP contribution in [-0.2, 0) is 4.74 Å². The Balaban J connectivity index is 1.49. The normalized spacial score (nSPS) is 22.2. The molecule has 4 aromatic rings. The molecule has 1 saturated heterocycles. The quantitative estimate of drug-likeness (QED) is 0.379. The van der Waals surface area contributed by atoms with E-state index in [0.29, 0.717) is 5.69 Å². The van der Waals surface area contributed by atoms with Crippen LogP contribution >= 0.6 is 11.3 Å². The Morgan fingerprint density at radius 1 is 1.11 bits per heavy atom. The number of aliphatic hydroxyl groups excluding tert-OH is 2. The number of thiazole rings is 1.